The minimum Gasteiger partial charge on any atom is -0.264 e. The Kier molecular flexibility index (Phi) is 2.19. The summed E-state index contributed by atoms with van der Waals surface area (Å²) in [5.74, 6) is 0.598. The number of nitrogens with zero attached hydrogens (tertiary/aromatic N) is 3. The van der Waals surface area contributed by atoms with E-state index in [0.29, 0.717) is 11.0 Å². The molecule has 0 aliphatic rings. The summed E-state index contributed by atoms with van der Waals surface area (Å²) in [5.41, 5.74) is 0.866. The van der Waals surface area contributed by atoms with Crippen molar-refractivity contribution in [3.05, 3.63) is 41.9 Å². The summed E-state index contributed by atoms with van der Waals surface area (Å²) in [7, 11) is 0. The van der Waals surface area contributed by atoms with Crippen molar-refractivity contribution in [2.75, 3.05) is 0 Å². The molecule has 0 atom stereocenters. The Hall–Kier alpha value is -1.48. The third kappa shape index (κ3) is 1.81. The third-order valence-electron chi connectivity index (χ3n) is 1.54. The fourth-order valence-electron chi connectivity index (χ4n) is 0.971. The lowest BCUT2D eigenvalue weighted by Crippen LogP contribution is -1.88. The molecule has 0 aliphatic carbocycles. The third-order valence-corrected chi connectivity index (χ3v) is 1.75. The van der Waals surface area contributed by atoms with Crippen molar-refractivity contribution < 1.29 is 0 Å². The van der Waals surface area contributed by atoms with Gasteiger partial charge < -0.3 is 0 Å². The fourth-order valence-corrected chi connectivity index (χ4v) is 1.11. The van der Waals surface area contributed by atoms with Crippen LogP contribution in [0.2, 0.25) is 5.15 Å². The Morgan fingerprint density at radius 2 is 2.08 bits per heavy atom. The van der Waals surface area contributed by atoms with Gasteiger partial charge in [-0.15, -0.1) is 0 Å². The van der Waals surface area contributed by atoms with Gasteiger partial charge in [-0.3, -0.25) is 4.98 Å². The second-order valence-corrected chi connectivity index (χ2v) is 2.83. The van der Waals surface area contributed by atoms with E-state index in [4.69, 9.17) is 11.6 Å². The van der Waals surface area contributed by atoms with Gasteiger partial charge in [0, 0.05) is 24.2 Å². The number of pyridine rings is 1. The first-order valence-corrected chi connectivity index (χ1v) is 4.13. The predicted octanol–water partition coefficient (Wildman–Crippen LogP) is 2.19. The standard InChI is InChI=1S/C9H6ClN3/c10-8-3-5-12-9(13-8)7-2-1-4-11-6-7/h1-6H. The number of hydrogen-bond acceptors (Lipinski definition) is 3. The summed E-state index contributed by atoms with van der Waals surface area (Å²) in [6.07, 6.45) is 5.03. The topological polar surface area (TPSA) is 38.7 Å². The summed E-state index contributed by atoms with van der Waals surface area (Å²) < 4.78 is 0. The Morgan fingerprint density at radius 1 is 1.15 bits per heavy atom. The van der Waals surface area contributed by atoms with Gasteiger partial charge in [-0.05, 0) is 18.2 Å². The predicted molar refractivity (Wildman–Crippen MR) is 50.3 cm³/mol. The molecule has 0 radical (unpaired) electrons. The first kappa shape index (κ1) is 8.13. The zero-order chi connectivity index (χ0) is 9.10. The van der Waals surface area contributed by atoms with Crippen molar-refractivity contribution in [2.45, 2.75) is 0 Å². The molecule has 2 rings (SSSR count). The molecule has 0 N–H and O–H groups in total. The normalized spacial score (nSPS) is 9.92. The lowest BCUT2D eigenvalue weighted by atomic mass is 10.3. The maximum absolute atomic E-state index is 5.72. The summed E-state index contributed by atoms with van der Waals surface area (Å²) >= 11 is 5.72. The lowest BCUT2D eigenvalue weighted by molar-refractivity contribution is 1.16. The molecule has 2 heterocycles. The summed E-state index contributed by atoms with van der Waals surface area (Å²) in [5, 5.41) is 0.439. The second kappa shape index (κ2) is 3.49. The zero-order valence-electron chi connectivity index (χ0n) is 6.68. The number of rotatable bonds is 1. The molecule has 2 aromatic heterocycles. The first-order valence-electron chi connectivity index (χ1n) is 3.75. The summed E-state index contributed by atoms with van der Waals surface area (Å²) in [4.78, 5) is 12.1. The average Bonchev–Trinajstić information content (AvgIpc) is 2.19. The van der Waals surface area contributed by atoms with E-state index < -0.39 is 0 Å². The molecule has 0 amide bonds. The highest BCUT2D eigenvalue weighted by molar-refractivity contribution is 6.29. The van der Waals surface area contributed by atoms with E-state index in [0.717, 1.165) is 5.56 Å². The molecule has 3 nitrogen and oxygen atoms in total. The van der Waals surface area contributed by atoms with E-state index in [1.54, 1.807) is 24.7 Å². The van der Waals surface area contributed by atoms with Crippen LogP contribution < -0.4 is 0 Å². The molecule has 2 aromatic rings. The second-order valence-electron chi connectivity index (χ2n) is 2.44. The van der Waals surface area contributed by atoms with Gasteiger partial charge in [0.1, 0.15) is 5.15 Å². The van der Waals surface area contributed by atoms with Crippen molar-refractivity contribution in [3.8, 4) is 11.4 Å². The van der Waals surface area contributed by atoms with E-state index in [2.05, 4.69) is 15.0 Å². The molecule has 0 saturated heterocycles. The van der Waals surface area contributed by atoms with E-state index in [-0.39, 0.29) is 0 Å². The van der Waals surface area contributed by atoms with Crippen LogP contribution >= 0.6 is 11.6 Å². The minimum atomic E-state index is 0.439. The fraction of sp³-hybridized carbons (Fsp3) is 0. The van der Waals surface area contributed by atoms with Gasteiger partial charge >= 0.3 is 0 Å². The van der Waals surface area contributed by atoms with Crippen LogP contribution in [0.4, 0.5) is 0 Å². The van der Waals surface area contributed by atoms with Crippen molar-refractivity contribution in [1.29, 1.82) is 0 Å². The lowest BCUT2D eigenvalue weighted by Gasteiger charge is -1.97. The van der Waals surface area contributed by atoms with E-state index in [1.807, 2.05) is 12.1 Å². The van der Waals surface area contributed by atoms with E-state index >= 15 is 0 Å². The van der Waals surface area contributed by atoms with Crippen LogP contribution in [0.25, 0.3) is 11.4 Å². The van der Waals surface area contributed by atoms with Crippen LogP contribution in [0, 0.1) is 0 Å². The molecule has 0 aromatic carbocycles. The highest BCUT2D eigenvalue weighted by atomic mass is 35.5. The Bertz CT molecular complexity index is 403. The Balaban J connectivity index is 2.48. The highest BCUT2D eigenvalue weighted by Gasteiger charge is 1.99. The molecule has 0 spiro atoms. The van der Waals surface area contributed by atoms with E-state index in [1.165, 1.54) is 0 Å². The smallest absolute Gasteiger partial charge is 0.162 e. The van der Waals surface area contributed by atoms with Gasteiger partial charge in [-0.25, -0.2) is 9.97 Å². The SMILES string of the molecule is Clc1ccnc(-c2cccnc2)n1. The van der Waals surface area contributed by atoms with Crippen LogP contribution in [-0.2, 0) is 0 Å². The van der Waals surface area contributed by atoms with Crippen LogP contribution in [0.15, 0.2) is 36.8 Å². The zero-order valence-corrected chi connectivity index (χ0v) is 7.44. The molecule has 0 aliphatic heterocycles. The molecule has 13 heavy (non-hydrogen) atoms. The molecule has 4 heteroatoms. The molecular weight excluding hydrogens is 186 g/mol. The molecule has 0 fully saturated rings. The summed E-state index contributed by atoms with van der Waals surface area (Å²) in [6, 6.07) is 5.36. The number of halogens is 1. The Morgan fingerprint density at radius 3 is 2.77 bits per heavy atom. The van der Waals surface area contributed by atoms with Crippen molar-refractivity contribution in [1.82, 2.24) is 15.0 Å². The number of hydrogen-bond donors (Lipinski definition) is 0. The van der Waals surface area contributed by atoms with Crippen molar-refractivity contribution in [3.63, 3.8) is 0 Å². The molecule has 64 valence electrons. The molecule has 0 bridgehead atoms. The van der Waals surface area contributed by atoms with Gasteiger partial charge in [-0.1, -0.05) is 11.6 Å². The molecule has 0 saturated carbocycles. The van der Waals surface area contributed by atoms with Crippen molar-refractivity contribution in [2.24, 2.45) is 0 Å². The molecular formula is C9H6ClN3. The van der Waals surface area contributed by atoms with Gasteiger partial charge in [0.05, 0.1) is 0 Å². The van der Waals surface area contributed by atoms with E-state index in [9.17, 15) is 0 Å². The van der Waals surface area contributed by atoms with Crippen LogP contribution in [-0.4, -0.2) is 15.0 Å². The van der Waals surface area contributed by atoms with Gasteiger partial charge in [0.15, 0.2) is 5.82 Å². The van der Waals surface area contributed by atoms with Gasteiger partial charge in [0.25, 0.3) is 0 Å². The first-order chi connectivity index (χ1) is 6.36. The summed E-state index contributed by atoms with van der Waals surface area (Å²) in [6.45, 7) is 0. The largest absolute Gasteiger partial charge is 0.264 e. The maximum atomic E-state index is 5.72. The maximum Gasteiger partial charge on any atom is 0.162 e. The van der Waals surface area contributed by atoms with Crippen LogP contribution in [0.3, 0.4) is 0 Å². The molecule has 0 unspecified atom stereocenters. The average molecular weight is 192 g/mol. The quantitative estimate of drug-likeness (QED) is 0.649. The van der Waals surface area contributed by atoms with Crippen molar-refractivity contribution >= 4 is 11.6 Å². The van der Waals surface area contributed by atoms with Crippen LogP contribution in [0.1, 0.15) is 0 Å². The minimum absolute atomic E-state index is 0.439. The number of aromatic nitrogens is 3. The monoisotopic (exact) mass is 191 g/mol. The van der Waals surface area contributed by atoms with Gasteiger partial charge in [-0.2, -0.15) is 0 Å². The highest BCUT2D eigenvalue weighted by Crippen LogP contribution is 2.13. The van der Waals surface area contributed by atoms with Gasteiger partial charge in [0.2, 0.25) is 0 Å². The van der Waals surface area contributed by atoms with Crippen LogP contribution in [0.5, 0.6) is 0 Å². The Labute approximate surface area is 80.5 Å².